The second-order valence-electron chi connectivity index (χ2n) is 28.3. The second-order valence-corrected chi connectivity index (χ2v) is 28.3. The lowest BCUT2D eigenvalue weighted by Gasteiger charge is -2.33. The third kappa shape index (κ3) is 7.65. The first-order valence-corrected chi connectivity index (χ1v) is 29.5. The largest absolute Gasteiger partial charge is 0.453 e. The molecule has 410 valence electrons. The van der Waals surface area contributed by atoms with Crippen LogP contribution < -0.4 is 9.64 Å². The zero-order valence-corrected chi connectivity index (χ0v) is 50.3. The lowest BCUT2D eigenvalue weighted by atomic mass is 9.81. The van der Waals surface area contributed by atoms with Crippen LogP contribution in [-0.4, -0.2) is 24.1 Å². The third-order valence-electron chi connectivity index (χ3n) is 18.4. The first-order chi connectivity index (χ1) is 39.4. The van der Waals surface area contributed by atoms with Crippen molar-refractivity contribution in [3.05, 3.63) is 203 Å². The third-order valence-corrected chi connectivity index (χ3v) is 18.4. The van der Waals surface area contributed by atoms with Gasteiger partial charge in [0.05, 0.1) is 33.4 Å². The number of aromatic nitrogens is 5. The van der Waals surface area contributed by atoms with Crippen LogP contribution in [0.3, 0.4) is 0 Å². The summed E-state index contributed by atoms with van der Waals surface area (Å²) >= 11 is 0. The Bertz CT molecular complexity index is 4650. The summed E-state index contributed by atoms with van der Waals surface area (Å²) in [7, 11) is 0. The summed E-state index contributed by atoms with van der Waals surface area (Å²) in [5.41, 5.74) is 15.2. The summed E-state index contributed by atoms with van der Waals surface area (Å²) in [6.45, 7) is 32.2. The van der Waals surface area contributed by atoms with E-state index >= 15 is 0 Å². The number of hydrogen-bond acceptors (Lipinski definition) is 5. The van der Waals surface area contributed by atoms with Gasteiger partial charge in [-0.05, 0) is 183 Å². The maximum atomic E-state index is 7.12. The number of fused-ring (bicyclic) bond motifs is 17. The maximum absolute atomic E-state index is 7.12. The summed E-state index contributed by atoms with van der Waals surface area (Å²) < 4.78 is 11.7. The van der Waals surface area contributed by atoms with Gasteiger partial charge in [-0.15, -0.1) is 0 Å². The van der Waals surface area contributed by atoms with Crippen molar-refractivity contribution in [2.24, 2.45) is 0 Å². The van der Waals surface area contributed by atoms with Gasteiger partial charge in [0.15, 0.2) is 11.5 Å². The maximum Gasteiger partial charge on any atom is 0.241 e. The van der Waals surface area contributed by atoms with E-state index in [2.05, 4.69) is 275 Å². The van der Waals surface area contributed by atoms with Gasteiger partial charge in [-0.2, -0.15) is 15.0 Å². The van der Waals surface area contributed by atoms with Gasteiger partial charge in [0, 0.05) is 27.0 Å². The van der Waals surface area contributed by atoms with Crippen LogP contribution in [0.2, 0.25) is 0 Å². The number of benzene rings is 10. The number of anilines is 3. The Morgan fingerprint density at radius 2 is 0.687 bits per heavy atom. The Labute approximate surface area is 486 Å². The van der Waals surface area contributed by atoms with Crippen molar-refractivity contribution >= 4 is 93.3 Å². The molecule has 0 amide bonds. The highest BCUT2D eigenvalue weighted by atomic mass is 16.5. The SMILES string of the molecule is CC(C)(C)c1ccc2c(c1)c1cc(C(C)(C)C)ccc1n2-c1nc(N2c3ccccc3Oc3cc4c(cc32)C(C)(C)c2cc3c5ccccc5c5ccccc5c3cc2-4)nc(-n2c3ccc(C(C)(C)C)cc3c3cc(C(C)(C)C)ccc32)n1. The van der Waals surface area contributed by atoms with Crippen LogP contribution in [0.15, 0.2) is 170 Å². The molecule has 3 aromatic heterocycles. The fourth-order valence-electron chi connectivity index (χ4n) is 13.6. The van der Waals surface area contributed by atoms with Crippen LogP contribution in [-0.2, 0) is 27.1 Å². The van der Waals surface area contributed by atoms with Crippen molar-refractivity contribution in [2.45, 2.75) is 124 Å². The molecule has 0 unspecified atom stereocenters. The Hall–Kier alpha value is -8.81. The summed E-state index contributed by atoms with van der Waals surface area (Å²) in [6.07, 6.45) is 0. The first-order valence-electron chi connectivity index (χ1n) is 29.5. The Kier molecular flexibility index (Phi) is 10.6. The smallest absolute Gasteiger partial charge is 0.241 e. The summed E-state index contributed by atoms with van der Waals surface area (Å²) in [6, 6.07) is 63.3. The Balaban J connectivity index is 1.03. The van der Waals surface area contributed by atoms with Gasteiger partial charge in [0.1, 0.15) is 0 Å². The van der Waals surface area contributed by atoms with Crippen molar-refractivity contribution in [3.63, 3.8) is 0 Å². The fourth-order valence-corrected chi connectivity index (χ4v) is 13.6. The quantitative estimate of drug-likeness (QED) is 0.165. The van der Waals surface area contributed by atoms with E-state index in [0.717, 1.165) is 66.5 Å². The van der Waals surface area contributed by atoms with Gasteiger partial charge in [0.2, 0.25) is 17.8 Å². The highest BCUT2D eigenvalue weighted by molar-refractivity contribution is 6.26. The molecular formula is C76H70N6O. The second kappa shape index (κ2) is 17.1. The molecule has 13 aromatic rings. The zero-order valence-electron chi connectivity index (χ0n) is 50.3. The molecule has 15 rings (SSSR count). The average molecular weight is 1080 g/mol. The molecular weight excluding hydrogens is 1010 g/mol. The van der Waals surface area contributed by atoms with E-state index in [0.29, 0.717) is 17.8 Å². The molecule has 2 aliphatic rings. The van der Waals surface area contributed by atoms with Crippen molar-refractivity contribution in [2.75, 3.05) is 4.90 Å². The van der Waals surface area contributed by atoms with E-state index in [1.807, 2.05) is 6.07 Å². The van der Waals surface area contributed by atoms with Gasteiger partial charge in [0.25, 0.3) is 0 Å². The first kappa shape index (κ1) is 51.1. The molecule has 0 saturated carbocycles. The van der Waals surface area contributed by atoms with Crippen LogP contribution in [0.5, 0.6) is 11.5 Å². The molecule has 7 nitrogen and oxygen atoms in total. The van der Waals surface area contributed by atoms with Crippen LogP contribution in [0.25, 0.3) is 99.0 Å². The molecule has 1 aliphatic carbocycles. The molecule has 83 heavy (non-hydrogen) atoms. The number of rotatable bonds is 3. The summed E-state index contributed by atoms with van der Waals surface area (Å²) in [5, 5.41) is 12.2. The summed E-state index contributed by atoms with van der Waals surface area (Å²) in [4.78, 5) is 19.5. The Morgan fingerprint density at radius 1 is 0.325 bits per heavy atom. The molecule has 4 heterocycles. The van der Waals surface area contributed by atoms with Gasteiger partial charge in [-0.3, -0.25) is 14.0 Å². The average Bonchev–Trinajstić information content (AvgIpc) is 1.82. The number of para-hydroxylation sites is 2. The van der Waals surface area contributed by atoms with Gasteiger partial charge in [-0.1, -0.05) is 182 Å². The van der Waals surface area contributed by atoms with Crippen LogP contribution >= 0.6 is 0 Å². The van der Waals surface area contributed by atoms with Crippen molar-refractivity contribution in [1.29, 1.82) is 0 Å². The molecule has 0 N–H and O–H groups in total. The monoisotopic (exact) mass is 1080 g/mol. The molecule has 0 spiro atoms. The van der Waals surface area contributed by atoms with Crippen molar-refractivity contribution < 1.29 is 4.74 Å². The van der Waals surface area contributed by atoms with Gasteiger partial charge in [-0.25, -0.2) is 0 Å². The van der Waals surface area contributed by atoms with Crippen LogP contribution in [0, 0.1) is 0 Å². The van der Waals surface area contributed by atoms with E-state index in [4.69, 9.17) is 19.7 Å². The molecule has 0 radical (unpaired) electrons. The van der Waals surface area contributed by atoms with E-state index in [1.165, 1.54) is 76.8 Å². The minimum Gasteiger partial charge on any atom is -0.453 e. The standard InChI is InChI=1S/C76H70N6O/c1-72(2,3)43-27-31-61-55(35-43)56-36-44(73(4,5)6)28-32-62(56)80(61)69-77-70(81-63-33-29-45(74(7,8)9)37-57(63)58-38-46(75(10,11)12)30-34-64(58)81)79-71(78-69)82-65-25-19-20-26-67(65)83-68-41-54-53-39-51-49-23-17-15-21-47(49)48-22-16-18-24-50(48)52(51)40-59(53)76(13,14)60(54)42-66(68)82/h15-42H,1-14H3. The van der Waals surface area contributed by atoms with Gasteiger partial charge < -0.3 is 4.74 Å². The number of nitrogens with zero attached hydrogens (tertiary/aromatic N) is 6. The van der Waals surface area contributed by atoms with Crippen molar-refractivity contribution in [1.82, 2.24) is 24.1 Å². The predicted octanol–water partition coefficient (Wildman–Crippen LogP) is 20.6. The minimum absolute atomic E-state index is 0.0720. The van der Waals surface area contributed by atoms with Crippen LogP contribution in [0.1, 0.15) is 130 Å². The highest BCUT2D eigenvalue weighted by Gasteiger charge is 2.40. The number of ether oxygens (including phenoxy) is 1. The predicted molar refractivity (Wildman–Crippen MR) is 348 cm³/mol. The zero-order chi connectivity index (χ0) is 57.6. The molecule has 1 aliphatic heterocycles. The van der Waals surface area contributed by atoms with E-state index in [1.54, 1.807) is 0 Å². The molecule has 10 aromatic carbocycles. The van der Waals surface area contributed by atoms with Gasteiger partial charge >= 0.3 is 0 Å². The molecule has 0 fully saturated rings. The molecule has 0 atom stereocenters. The van der Waals surface area contributed by atoms with E-state index in [9.17, 15) is 0 Å². The van der Waals surface area contributed by atoms with Crippen molar-refractivity contribution in [3.8, 4) is 34.5 Å². The lowest BCUT2D eigenvalue weighted by Crippen LogP contribution is -2.22. The Morgan fingerprint density at radius 3 is 1.12 bits per heavy atom. The molecule has 0 bridgehead atoms. The van der Waals surface area contributed by atoms with Crippen LogP contribution in [0.4, 0.5) is 17.3 Å². The fraction of sp³-hybridized carbons (Fsp3) is 0.250. The minimum atomic E-state index is -0.375. The normalized spacial score (nSPS) is 14.3. The molecule has 0 saturated heterocycles. The summed E-state index contributed by atoms with van der Waals surface area (Å²) in [5.74, 6) is 2.99. The topological polar surface area (TPSA) is 61.0 Å². The van der Waals surface area contributed by atoms with E-state index in [-0.39, 0.29) is 27.1 Å². The molecule has 7 heteroatoms. The lowest BCUT2D eigenvalue weighted by molar-refractivity contribution is 0.476. The number of hydrogen-bond donors (Lipinski definition) is 0. The highest BCUT2D eigenvalue weighted by Crippen LogP contribution is 2.58. The van der Waals surface area contributed by atoms with E-state index < -0.39 is 0 Å².